The van der Waals surface area contributed by atoms with Crippen LogP contribution in [0, 0.1) is 5.41 Å². The predicted molar refractivity (Wildman–Crippen MR) is 51.3 cm³/mol. The lowest BCUT2D eigenvalue weighted by Crippen LogP contribution is -2.29. The van der Waals surface area contributed by atoms with Gasteiger partial charge in [0.05, 0.1) is 5.41 Å². The summed E-state index contributed by atoms with van der Waals surface area (Å²) in [7, 11) is 0. The summed E-state index contributed by atoms with van der Waals surface area (Å²) in [5, 5.41) is 0. The number of rotatable bonds is 4. The average molecular weight is 216 g/mol. The molecule has 1 aliphatic heterocycles. The maximum absolute atomic E-state index is 11.5. The summed E-state index contributed by atoms with van der Waals surface area (Å²) >= 11 is 0. The summed E-state index contributed by atoms with van der Waals surface area (Å²) in [6.45, 7) is 5.76. The van der Waals surface area contributed by atoms with E-state index < -0.39 is 17.7 Å². The molecule has 1 rings (SSSR count). The van der Waals surface area contributed by atoms with Gasteiger partial charge in [-0.05, 0) is 20.3 Å². The molecule has 86 valence electrons. The number of cyclic esters (lactones) is 2. The summed E-state index contributed by atoms with van der Waals surface area (Å²) in [6.07, 6.45) is -0.466. The molecular formula is C10H16O5. The largest absolute Gasteiger partial charge is 0.508 e. The lowest BCUT2D eigenvalue weighted by Gasteiger charge is -2.20. The predicted octanol–water partition coefficient (Wildman–Crippen LogP) is 1.50. The lowest BCUT2D eigenvalue weighted by molar-refractivity contribution is -0.156. The standard InChI is InChI=1S/C10H16O5/c1-4-10(2,3)8(11)13-5-7-6-14-9(12)15-7/h7H,4-6H2,1-3H3. The van der Waals surface area contributed by atoms with Gasteiger partial charge >= 0.3 is 12.1 Å². The molecule has 1 heterocycles. The number of hydrogen-bond donors (Lipinski definition) is 0. The zero-order valence-corrected chi connectivity index (χ0v) is 9.24. The quantitative estimate of drug-likeness (QED) is 0.666. The van der Waals surface area contributed by atoms with Crippen molar-refractivity contribution >= 4 is 12.1 Å². The van der Waals surface area contributed by atoms with Crippen molar-refractivity contribution < 1.29 is 23.8 Å². The van der Waals surface area contributed by atoms with Gasteiger partial charge in [-0.2, -0.15) is 0 Å². The van der Waals surface area contributed by atoms with E-state index in [4.69, 9.17) is 9.47 Å². The van der Waals surface area contributed by atoms with Gasteiger partial charge in [-0.3, -0.25) is 4.79 Å². The Kier molecular flexibility index (Phi) is 3.55. The molecule has 1 fully saturated rings. The summed E-state index contributed by atoms with van der Waals surface area (Å²) in [5.41, 5.74) is -0.497. The highest BCUT2D eigenvalue weighted by Crippen LogP contribution is 2.21. The number of carbonyl (C=O) groups is 2. The summed E-state index contributed by atoms with van der Waals surface area (Å²) in [6, 6.07) is 0. The van der Waals surface area contributed by atoms with E-state index in [0.29, 0.717) is 6.42 Å². The van der Waals surface area contributed by atoms with E-state index in [0.717, 1.165) is 0 Å². The van der Waals surface area contributed by atoms with Crippen LogP contribution >= 0.6 is 0 Å². The molecule has 5 nitrogen and oxygen atoms in total. The molecule has 1 unspecified atom stereocenters. The summed E-state index contributed by atoms with van der Waals surface area (Å²) < 4.78 is 14.3. The van der Waals surface area contributed by atoms with E-state index in [1.165, 1.54) is 0 Å². The number of carbonyl (C=O) groups excluding carboxylic acids is 2. The summed E-state index contributed by atoms with van der Waals surface area (Å²) in [5.74, 6) is -0.284. The molecule has 1 atom stereocenters. The van der Waals surface area contributed by atoms with Gasteiger partial charge in [0, 0.05) is 0 Å². The van der Waals surface area contributed by atoms with Crippen LogP contribution in [0.15, 0.2) is 0 Å². The van der Waals surface area contributed by atoms with Crippen LogP contribution in [-0.4, -0.2) is 31.4 Å². The van der Waals surface area contributed by atoms with Gasteiger partial charge in [-0.15, -0.1) is 0 Å². The SMILES string of the molecule is CCC(C)(C)C(=O)OCC1COC(=O)O1. The van der Waals surface area contributed by atoms with Crippen LogP contribution in [0.25, 0.3) is 0 Å². The molecule has 0 aromatic heterocycles. The van der Waals surface area contributed by atoms with Gasteiger partial charge in [0.2, 0.25) is 0 Å². The second kappa shape index (κ2) is 4.51. The monoisotopic (exact) mass is 216 g/mol. The topological polar surface area (TPSA) is 61.8 Å². The molecule has 5 heteroatoms. The van der Waals surface area contributed by atoms with Gasteiger partial charge in [0.1, 0.15) is 13.2 Å². The molecule has 0 radical (unpaired) electrons. The van der Waals surface area contributed by atoms with E-state index in [9.17, 15) is 9.59 Å². The van der Waals surface area contributed by atoms with Crippen LogP contribution in [0.5, 0.6) is 0 Å². The Morgan fingerprint density at radius 2 is 2.27 bits per heavy atom. The third-order valence-electron chi connectivity index (χ3n) is 2.49. The van der Waals surface area contributed by atoms with E-state index in [1.54, 1.807) is 0 Å². The van der Waals surface area contributed by atoms with Crippen LogP contribution in [0.2, 0.25) is 0 Å². The molecule has 0 saturated carbocycles. The molecule has 15 heavy (non-hydrogen) atoms. The normalized spacial score (nSPS) is 20.7. The van der Waals surface area contributed by atoms with E-state index in [2.05, 4.69) is 4.74 Å². The van der Waals surface area contributed by atoms with Gasteiger partial charge in [0.25, 0.3) is 0 Å². The van der Waals surface area contributed by atoms with Crippen LogP contribution in [0.3, 0.4) is 0 Å². The number of ether oxygens (including phenoxy) is 3. The molecular weight excluding hydrogens is 200 g/mol. The third kappa shape index (κ3) is 3.11. The van der Waals surface area contributed by atoms with Gasteiger partial charge in [-0.1, -0.05) is 6.92 Å². The average Bonchev–Trinajstić information content (AvgIpc) is 2.60. The van der Waals surface area contributed by atoms with Crippen LogP contribution < -0.4 is 0 Å². The highest BCUT2D eigenvalue weighted by Gasteiger charge is 2.30. The third-order valence-corrected chi connectivity index (χ3v) is 2.49. The fourth-order valence-corrected chi connectivity index (χ4v) is 0.956. The van der Waals surface area contributed by atoms with Crippen LogP contribution in [0.1, 0.15) is 27.2 Å². The smallest absolute Gasteiger partial charge is 0.461 e. The zero-order chi connectivity index (χ0) is 11.5. The number of esters is 1. The van der Waals surface area contributed by atoms with Crippen LogP contribution in [-0.2, 0) is 19.0 Å². The van der Waals surface area contributed by atoms with E-state index >= 15 is 0 Å². The Hall–Kier alpha value is -1.26. The van der Waals surface area contributed by atoms with E-state index in [-0.39, 0.29) is 19.2 Å². The molecule has 0 N–H and O–H groups in total. The second-order valence-corrected chi connectivity index (χ2v) is 4.14. The van der Waals surface area contributed by atoms with Crippen molar-refractivity contribution in [2.75, 3.05) is 13.2 Å². The Balaban J connectivity index is 2.31. The first-order valence-electron chi connectivity index (χ1n) is 4.96. The Morgan fingerprint density at radius 3 is 2.73 bits per heavy atom. The fourth-order valence-electron chi connectivity index (χ4n) is 0.956. The Labute approximate surface area is 88.7 Å². The maximum Gasteiger partial charge on any atom is 0.508 e. The van der Waals surface area contributed by atoms with Crippen molar-refractivity contribution in [2.45, 2.75) is 33.3 Å². The van der Waals surface area contributed by atoms with Gasteiger partial charge in [0.15, 0.2) is 6.10 Å². The molecule has 0 amide bonds. The molecule has 1 saturated heterocycles. The first-order chi connectivity index (χ1) is 6.95. The Morgan fingerprint density at radius 1 is 1.60 bits per heavy atom. The highest BCUT2D eigenvalue weighted by molar-refractivity contribution is 5.75. The first-order valence-corrected chi connectivity index (χ1v) is 4.96. The van der Waals surface area contributed by atoms with Crippen molar-refractivity contribution in [1.29, 1.82) is 0 Å². The van der Waals surface area contributed by atoms with Crippen molar-refractivity contribution in [2.24, 2.45) is 5.41 Å². The molecule has 0 spiro atoms. The lowest BCUT2D eigenvalue weighted by atomic mass is 9.91. The Bertz CT molecular complexity index is 259. The van der Waals surface area contributed by atoms with E-state index in [1.807, 2.05) is 20.8 Å². The van der Waals surface area contributed by atoms with Crippen molar-refractivity contribution in [3.63, 3.8) is 0 Å². The molecule has 0 aliphatic carbocycles. The van der Waals surface area contributed by atoms with Crippen molar-refractivity contribution in [3.8, 4) is 0 Å². The van der Waals surface area contributed by atoms with Crippen LogP contribution in [0.4, 0.5) is 4.79 Å². The molecule has 0 aromatic rings. The molecule has 1 aliphatic rings. The minimum absolute atomic E-state index is 0.0635. The van der Waals surface area contributed by atoms with Gasteiger partial charge in [-0.25, -0.2) is 4.79 Å². The first kappa shape index (κ1) is 11.8. The second-order valence-electron chi connectivity index (χ2n) is 4.14. The van der Waals surface area contributed by atoms with Gasteiger partial charge < -0.3 is 14.2 Å². The van der Waals surface area contributed by atoms with Crippen molar-refractivity contribution in [1.82, 2.24) is 0 Å². The highest BCUT2D eigenvalue weighted by atomic mass is 16.8. The molecule has 0 aromatic carbocycles. The summed E-state index contributed by atoms with van der Waals surface area (Å²) in [4.78, 5) is 22.1. The number of hydrogen-bond acceptors (Lipinski definition) is 5. The van der Waals surface area contributed by atoms with Crippen molar-refractivity contribution in [3.05, 3.63) is 0 Å². The fraction of sp³-hybridized carbons (Fsp3) is 0.800. The zero-order valence-electron chi connectivity index (χ0n) is 9.24. The minimum Gasteiger partial charge on any atom is -0.461 e. The minimum atomic E-state index is -0.703. The maximum atomic E-state index is 11.5. The molecule has 0 bridgehead atoms.